The van der Waals surface area contributed by atoms with E-state index in [-0.39, 0.29) is 12.0 Å². The number of rotatable bonds is 3. The first-order valence-corrected chi connectivity index (χ1v) is 5.66. The van der Waals surface area contributed by atoms with Crippen LogP contribution in [0.15, 0.2) is 24.3 Å². The lowest BCUT2D eigenvalue weighted by molar-refractivity contribution is -0.142. The molecule has 0 saturated carbocycles. The van der Waals surface area contributed by atoms with Crippen LogP contribution in [0.3, 0.4) is 0 Å². The van der Waals surface area contributed by atoms with Gasteiger partial charge in [0.05, 0.1) is 6.61 Å². The van der Waals surface area contributed by atoms with Gasteiger partial charge in [0.25, 0.3) is 0 Å². The predicted octanol–water partition coefficient (Wildman–Crippen LogP) is 2.09. The van der Waals surface area contributed by atoms with Crippen LogP contribution in [0.5, 0.6) is 0 Å². The zero-order valence-electron chi connectivity index (χ0n) is 9.15. The van der Waals surface area contributed by atoms with Gasteiger partial charge in [-0.1, -0.05) is 23.7 Å². The van der Waals surface area contributed by atoms with E-state index in [4.69, 9.17) is 16.3 Å². The minimum atomic E-state index is -0.114. The SMILES string of the molecule is CN(Cc1ccc(Cl)cc1)[C@@H]1CCOC1=O. The zero-order valence-corrected chi connectivity index (χ0v) is 9.91. The molecule has 1 aromatic rings. The van der Waals surface area contributed by atoms with E-state index >= 15 is 0 Å². The highest BCUT2D eigenvalue weighted by molar-refractivity contribution is 6.30. The lowest BCUT2D eigenvalue weighted by Gasteiger charge is -2.20. The average molecular weight is 240 g/mol. The van der Waals surface area contributed by atoms with Crippen LogP contribution in [0.2, 0.25) is 5.02 Å². The van der Waals surface area contributed by atoms with Crippen LogP contribution in [0.1, 0.15) is 12.0 Å². The number of cyclic esters (lactones) is 1. The van der Waals surface area contributed by atoms with E-state index in [2.05, 4.69) is 0 Å². The maximum atomic E-state index is 11.4. The molecule has 1 fully saturated rings. The number of likely N-dealkylation sites (N-methyl/N-ethyl adjacent to an activating group) is 1. The third-order valence-corrected chi connectivity index (χ3v) is 3.04. The third kappa shape index (κ3) is 2.54. The van der Waals surface area contributed by atoms with E-state index in [0.29, 0.717) is 6.61 Å². The second kappa shape index (κ2) is 4.85. The van der Waals surface area contributed by atoms with Gasteiger partial charge in [0.15, 0.2) is 0 Å². The Morgan fingerprint density at radius 2 is 2.12 bits per heavy atom. The molecular weight excluding hydrogens is 226 g/mol. The smallest absolute Gasteiger partial charge is 0.323 e. The molecule has 4 heteroatoms. The normalized spacial score (nSPS) is 20.2. The first-order chi connectivity index (χ1) is 7.66. The molecule has 1 atom stereocenters. The van der Waals surface area contributed by atoms with Crippen LogP contribution in [0.25, 0.3) is 0 Å². The Morgan fingerprint density at radius 1 is 1.44 bits per heavy atom. The van der Waals surface area contributed by atoms with Gasteiger partial charge in [-0.2, -0.15) is 0 Å². The standard InChI is InChI=1S/C12H14ClNO2/c1-14(11-6-7-16-12(11)15)8-9-2-4-10(13)5-3-9/h2-5,11H,6-8H2,1H3/t11-/m1/s1. The summed E-state index contributed by atoms with van der Waals surface area (Å²) >= 11 is 5.81. The summed E-state index contributed by atoms with van der Waals surface area (Å²) in [6, 6.07) is 7.56. The van der Waals surface area contributed by atoms with E-state index in [1.165, 1.54) is 0 Å². The monoisotopic (exact) mass is 239 g/mol. The first kappa shape index (κ1) is 11.4. The fraction of sp³-hybridized carbons (Fsp3) is 0.417. The number of esters is 1. The van der Waals surface area contributed by atoms with Gasteiger partial charge in [0, 0.05) is 18.0 Å². The summed E-state index contributed by atoms with van der Waals surface area (Å²) in [4.78, 5) is 13.4. The summed E-state index contributed by atoms with van der Waals surface area (Å²) in [5, 5.41) is 0.728. The molecule has 1 saturated heterocycles. The van der Waals surface area contributed by atoms with Gasteiger partial charge in [-0.3, -0.25) is 9.69 Å². The Labute approximate surface area is 100.0 Å². The molecule has 86 valence electrons. The maximum Gasteiger partial charge on any atom is 0.323 e. The van der Waals surface area contributed by atoms with E-state index in [0.717, 1.165) is 23.6 Å². The molecule has 16 heavy (non-hydrogen) atoms. The van der Waals surface area contributed by atoms with Crippen molar-refractivity contribution in [3.05, 3.63) is 34.9 Å². The molecule has 0 N–H and O–H groups in total. The second-order valence-electron chi connectivity index (χ2n) is 4.01. The van der Waals surface area contributed by atoms with Gasteiger partial charge >= 0.3 is 5.97 Å². The third-order valence-electron chi connectivity index (χ3n) is 2.78. The van der Waals surface area contributed by atoms with Gasteiger partial charge in [0.2, 0.25) is 0 Å². The lowest BCUT2D eigenvalue weighted by Crippen LogP contribution is -2.34. The number of ether oxygens (including phenoxy) is 1. The molecule has 2 rings (SSSR count). The van der Waals surface area contributed by atoms with Crippen molar-refractivity contribution in [2.75, 3.05) is 13.7 Å². The van der Waals surface area contributed by atoms with Crippen LogP contribution in [0, 0.1) is 0 Å². The Morgan fingerprint density at radius 3 is 2.69 bits per heavy atom. The van der Waals surface area contributed by atoms with Crippen LogP contribution in [0.4, 0.5) is 0 Å². The molecule has 1 aliphatic heterocycles. The Balaban J connectivity index is 1.98. The van der Waals surface area contributed by atoms with E-state index in [9.17, 15) is 4.79 Å². The highest BCUT2D eigenvalue weighted by Gasteiger charge is 2.29. The van der Waals surface area contributed by atoms with Crippen molar-refractivity contribution in [1.82, 2.24) is 4.90 Å². The van der Waals surface area contributed by atoms with Crippen molar-refractivity contribution in [2.24, 2.45) is 0 Å². The highest BCUT2D eigenvalue weighted by atomic mass is 35.5. The molecule has 1 heterocycles. The van der Waals surface area contributed by atoms with Gasteiger partial charge in [0.1, 0.15) is 6.04 Å². The molecular formula is C12H14ClNO2. The van der Waals surface area contributed by atoms with Gasteiger partial charge in [-0.05, 0) is 24.7 Å². The fourth-order valence-corrected chi connectivity index (χ4v) is 2.00. The maximum absolute atomic E-state index is 11.4. The minimum absolute atomic E-state index is 0.101. The molecule has 0 bridgehead atoms. The Hall–Kier alpha value is -1.06. The van der Waals surface area contributed by atoms with Crippen molar-refractivity contribution in [3.8, 4) is 0 Å². The topological polar surface area (TPSA) is 29.5 Å². The summed E-state index contributed by atoms with van der Waals surface area (Å²) in [6.07, 6.45) is 0.781. The van der Waals surface area contributed by atoms with E-state index in [1.54, 1.807) is 0 Å². The molecule has 0 spiro atoms. The largest absolute Gasteiger partial charge is 0.464 e. The zero-order chi connectivity index (χ0) is 11.5. The van der Waals surface area contributed by atoms with Crippen molar-refractivity contribution in [1.29, 1.82) is 0 Å². The number of carbonyl (C=O) groups is 1. The van der Waals surface area contributed by atoms with E-state index < -0.39 is 0 Å². The molecule has 0 unspecified atom stereocenters. The molecule has 0 aliphatic carbocycles. The molecule has 0 aromatic heterocycles. The van der Waals surface area contributed by atoms with Crippen molar-refractivity contribution < 1.29 is 9.53 Å². The van der Waals surface area contributed by atoms with Gasteiger partial charge in [-0.25, -0.2) is 0 Å². The first-order valence-electron chi connectivity index (χ1n) is 5.28. The highest BCUT2D eigenvalue weighted by Crippen LogP contribution is 2.16. The van der Waals surface area contributed by atoms with Crippen molar-refractivity contribution in [3.63, 3.8) is 0 Å². The molecule has 0 radical (unpaired) electrons. The summed E-state index contributed by atoms with van der Waals surface area (Å²) < 4.78 is 4.94. The molecule has 0 amide bonds. The number of nitrogens with zero attached hydrogens (tertiary/aromatic N) is 1. The number of carbonyl (C=O) groups excluding carboxylic acids is 1. The van der Waals surface area contributed by atoms with E-state index in [1.807, 2.05) is 36.2 Å². The summed E-state index contributed by atoms with van der Waals surface area (Å²) in [5.74, 6) is -0.114. The number of hydrogen-bond donors (Lipinski definition) is 0. The second-order valence-corrected chi connectivity index (χ2v) is 4.45. The number of hydrogen-bond acceptors (Lipinski definition) is 3. The summed E-state index contributed by atoms with van der Waals surface area (Å²) in [7, 11) is 1.94. The number of halogens is 1. The van der Waals surface area contributed by atoms with Crippen LogP contribution < -0.4 is 0 Å². The lowest BCUT2D eigenvalue weighted by atomic mass is 10.1. The van der Waals surface area contributed by atoms with Crippen LogP contribution in [-0.2, 0) is 16.1 Å². The fourth-order valence-electron chi connectivity index (χ4n) is 1.87. The van der Waals surface area contributed by atoms with Gasteiger partial charge in [-0.15, -0.1) is 0 Å². The van der Waals surface area contributed by atoms with Crippen molar-refractivity contribution >= 4 is 17.6 Å². The Kier molecular flexibility index (Phi) is 3.46. The summed E-state index contributed by atoms with van der Waals surface area (Å²) in [6.45, 7) is 1.27. The number of benzene rings is 1. The average Bonchev–Trinajstić information content (AvgIpc) is 2.68. The molecule has 1 aromatic carbocycles. The van der Waals surface area contributed by atoms with Crippen molar-refractivity contribution in [2.45, 2.75) is 19.0 Å². The van der Waals surface area contributed by atoms with Crippen LogP contribution in [-0.4, -0.2) is 30.6 Å². The minimum Gasteiger partial charge on any atom is -0.464 e. The van der Waals surface area contributed by atoms with Crippen LogP contribution >= 0.6 is 11.6 Å². The summed E-state index contributed by atoms with van der Waals surface area (Å²) in [5.41, 5.74) is 1.15. The predicted molar refractivity (Wildman–Crippen MR) is 62.3 cm³/mol. The quantitative estimate of drug-likeness (QED) is 0.757. The molecule has 3 nitrogen and oxygen atoms in total. The Bertz CT molecular complexity index is 377. The molecule has 1 aliphatic rings. The van der Waals surface area contributed by atoms with Gasteiger partial charge < -0.3 is 4.74 Å².